The third-order valence-corrected chi connectivity index (χ3v) is 6.48. The van der Waals surface area contributed by atoms with Crippen LogP contribution in [-0.2, 0) is 33.8 Å². The van der Waals surface area contributed by atoms with Gasteiger partial charge < -0.3 is 13.8 Å². The van der Waals surface area contributed by atoms with Crippen LogP contribution in [0.4, 0.5) is 26.3 Å². The van der Waals surface area contributed by atoms with Crippen molar-refractivity contribution >= 4 is 16.0 Å². The zero-order chi connectivity index (χ0) is 28.1. The molecule has 0 fully saturated rings. The van der Waals surface area contributed by atoms with Crippen LogP contribution >= 0.6 is 0 Å². The van der Waals surface area contributed by atoms with Crippen LogP contribution in [0.15, 0.2) is 77.7 Å². The monoisotopic (exact) mass is 561 g/mol. The number of halogens is 6. The highest BCUT2D eigenvalue weighted by molar-refractivity contribution is 7.87. The zero-order valence-corrected chi connectivity index (χ0v) is 20.5. The van der Waals surface area contributed by atoms with Gasteiger partial charge in [0, 0.05) is 25.8 Å². The highest BCUT2D eigenvalue weighted by atomic mass is 32.2. The third-order valence-electron chi connectivity index (χ3n) is 5.24. The second kappa shape index (κ2) is 11.4. The third kappa shape index (κ3) is 7.48. The molecule has 0 N–H and O–H groups in total. The van der Waals surface area contributed by atoms with Crippen molar-refractivity contribution < 1.29 is 48.5 Å². The fraction of sp³-hybridized carbons (Fsp3) is 0.240. The standard InChI is InChI=1S/C25H21F6NO5S/c1-36-13-12-32(23(33)18-8-10-19(11-9-18)24(26,27)28)16-17-4-2-6-21(14-17)37-38(34,35)22-7-3-5-20(15-22)25(29,30)31/h2-11,14-15H,12-13,16H2,1H3. The summed E-state index contributed by atoms with van der Waals surface area (Å²) in [6, 6.07) is 12.3. The molecule has 3 rings (SSSR count). The lowest BCUT2D eigenvalue weighted by molar-refractivity contribution is -0.138. The summed E-state index contributed by atoms with van der Waals surface area (Å²) in [5.41, 5.74) is -1.69. The summed E-state index contributed by atoms with van der Waals surface area (Å²) in [5, 5.41) is 0. The highest BCUT2D eigenvalue weighted by Gasteiger charge is 2.32. The van der Waals surface area contributed by atoms with Gasteiger partial charge in [0.2, 0.25) is 0 Å². The van der Waals surface area contributed by atoms with Crippen LogP contribution < -0.4 is 4.18 Å². The molecular formula is C25H21F6NO5S. The minimum absolute atomic E-state index is 0.00590. The zero-order valence-electron chi connectivity index (χ0n) is 19.7. The maximum atomic E-state index is 13.0. The number of hydrogen-bond acceptors (Lipinski definition) is 5. The van der Waals surface area contributed by atoms with Crippen molar-refractivity contribution in [1.29, 1.82) is 0 Å². The lowest BCUT2D eigenvalue weighted by atomic mass is 10.1. The van der Waals surface area contributed by atoms with E-state index in [1.165, 1.54) is 30.2 Å². The van der Waals surface area contributed by atoms with Gasteiger partial charge in [0.05, 0.1) is 17.7 Å². The second-order valence-corrected chi connectivity index (χ2v) is 9.55. The molecule has 0 unspecified atom stereocenters. The molecule has 6 nitrogen and oxygen atoms in total. The predicted molar refractivity (Wildman–Crippen MR) is 124 cm³/mol. The average molecular weight is 562 g/mol. The topological polar surface area (TPSA) is 72.9 Å². The number of ether oxygens (including phenoxy) is 1. The number of hydrogen-bond donors (Lipinski definition) is 0. The Morgan fingerprint density at radius 2 is 1.47 bits per heavy atom. The summed E-state index contributed by atoms with van der Waals surface area (Å²) in [6.07, 6.45) is -9.32. The summed E-state index contributed by atoms with van der Waals surface area (Å²) in [6.45, 7) is 0.0699. The minimum Gasteiger partial charge on any atom is -0.383 e. The van der Waals surface area contributed by atoms with Crippen molar-refractivity contribution in [1.82, 2.24) is 4.90 Å². The lowest BCUT2D eigenvalue weighted by Crippen LogP contribution is -2.33. The van der Waals surface area contributed by atoms with E-state index in [-0.39, 0.29) is 31.0 Å². The summed E-state index contributed by atoms with van der Waals surface area (Å²) < 4.78 is 113. The number of amides is 1. The van der Waals surface area contributed by atoms with Crippen LogP contribution in [0.5, 0.6) is 5.75 Å². The molecule has 13 heteroatoms. The molecule has 0 radical (unpaired) electrons. The number of rotatable bonds is 9. The molecule has 38 heavy (non-hydrogen) atoms. The Morgan fingerprint density at radius 1 is 0.842 bits per heavy atom. The van der Waals surface area contributed by atoms with E-state index < -0.39 is 44.4 Å². The van der Waals surface area contributed by atoms with Crippen molar-refractivity contribution in [3.05, 3.63) is 95.1 Å². The van der Waals surface area contributed by atoms with Crippen molar-refractivity contribution in [2.75, 3.05) is 20.3 Å². The van der Waals surface area contributed by atoms with Crippen LogP contribution in [0.2, 0.25) is 0 Å². The second-order valence-electron chi connectivity index (χ2n) is 8.01. The number of carbonyl (C=O) groups is 1. The van der Waals surface area contributed by atoms with Crippen molar-refractivity contribution in [2.45, 2.75) is 23.8 Å². The molecule has 0 aliphatic heterocycles. The Morgan fingerprint density at radius 3 is 2.08 bits per heavy atom. The maximum Gasteiger partial charge on any atom is 0.416 e. The average Bonchev–Trinajstić information content (AvgIpc) is 2.85. The fourth-order valence-electron chi connectivity index (χ4n) is 3.36. The van der Waals surface area contributed by atoms with Gasteiger partial charge in [-0.3, -0.25) is 4.79 Å². The van der Waals surface area contributed by atoms with E-state index in [0.29, 0.717) is 11.6 Å². The lowest BCUT2D eigenvalue weighted by Gasteiger charge is -2.23. The Hall–Kier alpha value is -3.58. The Kier molecular flexibility index (Phi) is 8.72. The first kappa shape index (κ1) is 29.0. The number of benzene rings is 3. The van der Waals surface area contributed by atoms with Crippen molar-refractivity contribution in [3.63, 3.8) is 0 Å². The van der Waals surface area contributed by atoms with Crippen LogP contribution in [0, 0.1) is 0 Å². The van der Waals surface area contributed by atoms with Gasteiger partial charge in [0.1, 0.15) is 10.6 Å². The SMILES string of the molecule is COCCN(Cc1cccc(OS(=O)(=O)c2cccc(C(F)(F)F)c2)c1)C(=O)c1ccc(C(F)(F)F)cc1. The summed E-state index contributed by atoms with van der Waals surface area (Å²) in [5.74, 6) is -0.813. The molecule has 0 heterocycles. The molecule has 1 amide bonds. The molecule has 0 aromatic heterocycles. The van der Waals surface area contributed by atoms with Crippen LogP contribution in [0.25, 0.3) is 0 Å². The Balaban J connectivity index is 1.81. The fourth-order valence-corrected chi connectivity index (χ4v) is 4.33. The molecule has 0 aliphatic rings. The van der Waals surface area contributed by atoms with E-state index in [2.05, 4.69) is 0 Å². The molecular weight excluding hydrogens is 540 g/mol. The number of alkyl halides is 6. The molecule has 0 saturated carbocycles. The first-order valence-electron chi connectivity index (χ1n) is 10.9. The molecule has 0 saturated heterocycles. The van der Waals surface area contributed by atoms with Gasteiger partial charge in [-0.25, -0.2) is 0 Å². The molecule has 0 atom stereocenters. The van der Waals surface area contributed by atoms with E-state index in [4.69, 9.17) is 8.92 Å². The van der Waals surface area contributed by atoms with Crippen LogP contribution in [-0.4, -0.2) is 39.5 Å². The highest BCUT2D eigenvalue weighted by Crippen LogP contribution is 2.32. The Bertz CT molecular complexity index is 1370. The molecule has 0 bridgehead atoms. The molecule has 0 spiro atoms. The Labute approximate surface area is 214 Å². The predicted octanol–water partition coefficient (Wildman–Crippen LogP) is 5.78. The van der Waals surface area contributed by atoms with E-state index in [9.17, 15) is 39.6 Å². The van der Waals surface area contributed by atoms with Crippen LogP contribution in [0.1, 0.15) is 27.0 Å². The summed E-state index contributed by atoms with van der Waals surface area (Å²) in [7, 11) is -3.23. The first-order chi connectivity index (χ1) is 17.7. The maximum absolute atomic E-state index is 13.0. The molecule has 3 aromatic rings. The van der Waals surface area contributed by atoms with E-state index in [1.54, 1.807) is 6.07 Å². The van der Waals surface area contributed by atoms with E-state index in [0.717, 1.165) is 42.5 Å². The number of methoxy groups -OCH3 is 1. The van der Waals surface area contributed by atoms with Crippen molar-refractivity contribution in [2.24, 2.45) is 0 Å². The van der Waals surface area contributed by atoms with Gasteiger partial charge in [0.25, 0.3) is 5.91 Å². The minimum atomic E-state index is -4.75. The van der Waals surface area contributed by atoms with Crippen LogP contribution in [0.3, 0.4) is 0 Å². The van der Waals surface area contributed by atoms with E-state index >= 15 is 0 Å². The first-order valence-corrected chi connectivity index (χ1v) is 12.3. The normalized spacial score (nSPS) is 12.3. The van der Waals surface area contributed by atoms with Gasteiger partial charge in [-0.1, -0.05) is 18.2 Å². The molecule has 3 aromatic carbocycles. The van der Waals surface area contributed by atoms with Gasteiger partial charge in [-0.15, -0.1) is 0 Å². The largest absolute Gasteiger partial charge is 0.416 e. The quantitative estimate of drug-likeness (QED) is 0.245. The molecule has 204 valence electrons. The van der Waals surface area contributed by atoms with E-state index in [1.807, 2.05) is 0 Å². The number of carbonyl (C=O) groups excluding carboxylic acids is 1. The smallest absolute Gasteiger partial charge is 0.383 e. The van der Waals surface area contributed by atoms with Gasteiger partial charge in [-0.2, -0.15) is 34.8 Å². The van der Waals surface area contributed by atoms with Gasteiger partial charge in [0.15, 0.2) is 0 Å². The van der Waals surface area contributed by atoms with Crippen molar-refractivity contribution in [3.8, 4) is 5.75 Å². The summed E-state index contributed by atoms with van der Waals surface area (Å²) >= 11 is 0. The van der Waals surface area contributed by atoms with Gasteiger partial charge >= 0.3 is 22.5 Å². The summed E-state index contributed by atoms with van der Waals surface area (Å²) in [4.78, 5) is 13.6. The van der Waals surface area contributed by atoms with Gasteiger partial charge in [-0.05, 0) is 60.2 Å². The molecule has 0 aliphatic carbocycles. The number of nitrogens with zero attached hydrogens (tertiary/aromatic N) is 1.